The van der Waals surface area contributed by atoms with Gasteiger partial charge in [0.05, 0.1) is 33.8 Å². The molecule has 0 fully saturated rings. The molecule has 0 aromatic carbocycles. The number of rotatable bonds is 61. The summed E-state index contributed by atoms with van der Waals surface area (Å²) in [5, 5.41) is 3.04. The highest BCUT2D eigenvalue weighted by atomic mass is 31.2. The van der Waals surface area contributed by atoms with Gasteiger partial charge in [-0.25, -0.2) is 0 Å². The lowest BCUT2D eigenvalue weighted by Gasteiger charge is -2.30. The molecule has 0 rings (SSSR count). The Morgan fingerprint density at radius 3 is 1.12 bits per heavy atom. The van der Waals surface area contributed by atoms with Crippen molar-refractivity contribution < 1.29 is 37.3 Å². The molecule has 0 bridgehead atoms. The van der Waals surface area contributed by atoms with Gasteiger partial charge in [-0.1, -0.05) is 289 Å². The van der Waals surface area contributed by atoms with Crippen LogP contribution in [0.5, 0.6) is 0 Å². The highest BCUT2D eigenvalue weighted by Crippen LogP contribution is 2.38. The number of nitrogens with one attached hydrogen (secondary N) is 1. The summed E-state index contributed by atoms with van der Waals surface area (Å²) in [6.45, 7) is 6.89. The Balaban J connectivity index is 5.15. The molecule has 0 heterocycles. The van der Waals surface area contributed by atoms with Crippen molar-refractivity contribution in [3.63, 3.8) is 0 Å². The first-order valence-corrected chi connectivity index (χ1v) is 34.6. The normalized spacial score (nSPS) is 13.7. The third-order valence-electron chi connectivity index (χ3n) is 15.1. The summed E-state index contributed by atoms with van der Waals surface area (Å²) in [7, 11) is 1.20. The second-order valence-corrected chi connectivity index (χ2v) is 25.4. The van der Waals surface area contributed by atoms with Gasteiger partial charge in [0.1, 0.15) is 19.3 Å². The van der Waals surface area contributed by atoms with Gasteiger partial charge in [-0.05, 0) is 57.4 Å². The van der Waals surface area contributed by atoms with Crippen LogP contribution in [0, 0.1) is 0 Å². The van der Waals surface area contributed by atoms with Gasteiger partial charge in [-0.15, -0.1) is 0 Å². The lowest BCUT2D eigenvalue weighted by Crippen LogP contribution is -2.47. The number of phosphoric ester groups is 1. The number of hydrogen-bond acceptors (Lipinski definition) is 7. The van der Waals surface area contributed by atoms with E-state index in [1.165, 1.54) is 244 Å². The summed E-state index contributed by atoms with van der Waals surface area (Å²) in [6.07, 6.45) is 67.1. The molecule has 3 unspecified atom stereocenters. The van der Waals surface area contributed by atoms with E-state index in [2.05, 4.69) is 38.2 Å². The van der Waals surface area contributed by atoms with Crippen molar-refractivity contribution in [3.05, 3.63) is 24.3 Å². The molecule has 0 aromatic heterocycles. The number of unbranched alkanes of at least 4 members (excludes halogenated alkanes) is 43. The van der Waals surface area contributed by atoms with Crippen LogP contribution in [0.25, 0.3) is 0 Å². The van der Waals surface area contributed by atoms with E-state index >= 15 is 0 Å². The first-order chi connectivity index (χ1) is 36.9. The van der Waals surface area contributed by atoms with Crippen LogP contribution in [-0.2, 0) is 27.9 Å². The summed E-state index contributed by atoms with van der Waals surface area (Å²) >= 11 is 0. The number of phosphoric acid groups is 1. The van der Waals surface area contributed by atoms with E-state index < -0.39 is 20.0 Å². The van der Waals surface area contributed by atoms with Crippen molar-refractivity contribution >= 4 is 19.7 Å². The predicted molar refractivity (Wildman–Crippen MR) is 326 cm³/mol. The second-order valence-electron chi connectivity index (χ2n) is 24.0. The van der Waals surface area contributed by atoms with Crippen LogP contribution in [0.15, 0.2) is 24.3 Å². The zero-order valence-corrected chi connectivity index (χ0v) is 52.4. The predicted octanol–water partition coefficient (Wildman–Crippen LogP) is 19.9. The van der Waals surface area contributed by atoms with Crippen molar-refractivity contribution in [2.24, 2.45) is 0 Å². The number of hydrogen-bond donors (Lipinski definition) is 1. The van der Waals surface area contributed by atoms with Crippen molar-refractivity contribution in [2.75, 3.05) is 40.9 Å². The van der Waals surface area contributed by atoms with Crippen molar-refractivity contribution in [1.29, 1.82) is 0 Å². The lowest BCUT2D eigenvalue weighted by molar-refractivity contribution is -0.870. The number of likely N-dealkylation sites (N-methyl/N-ethyl adjacent to an activating group) is 1. The molecule has 450 valence electrons. The van der Waals surface area contributed by atoms with E-state index in [1.807, 2.05) is 33.3 Å². The lowest BCUT2D eigenvalue weighted by atomic mass is 10.0. The minimum atomic E-state index is -4.69. The molecule has 0 spiro atoms. The van der Waals surface area contributed by atoms with E-state index in [0.29, 0.717) is 17.4 Å². The number of esters is 1. The number of nitrogens with zero attached hydrogens (tertiary/aromatic N) is 1. The van der Waals surface area contributed by atoms with Crippen LogP contribution in [0.1, 0.15) is 335 Å². The minimum Gasteiger partial charge on any atom is -0.756 e. The van der Waals surface area contributed by atoms with Gasteiger partial charge in [-0.2, -0.15) is 0 Å². The molecular weight excluding hydrogens is 964 g/mol. The molecule has 0 aliphatic carbocycles. The van der Waals surface area contributed by atoms with Crippen molar-refractivity contribution in [1.82, 2.24) is 5.32 Å². The van der Waals surface area contributed by atoms with E-state index in [4.69, 9.17) is 13.8 Å². The van der Waals surface area contributed by atoms with Crippen molar-refractivity contribution in [2.45, 2.75) is 348 Å². The summed E-state index contributed by atoms with van der Waals surface area (Å²) in [6, 6.07) is -0.884. The van der Waals surface area contributed by atoms with Gasteiger partial charge in [0.2, 0.25) is 5.91 Å². The molecule has 76 heavy (non-hydrogen) atoms. The molecule has 0 radical (unpaired) electrons. The molecular formula is C66H129N2O7P. The Morgan fingerprint density at radius 2 is 0.763 bits per heavy atom. The molecule has 1 N–H and O–H groups in total. The van der Waals surface area contributed by atoms with Crippen LogP contribution >= 0.6 is 7.82 Å². The van der Waals surface area contributed by atoms with Gasteiger partial charge in [0, 0.05) is 12.8 Å². The van der Waals surface area contributed by atoms with Crippen molar-refractivity contribution in [3.8, 4) is 0 Å². The molecule has 10 heteroatoms. The fourth-order valence-electron chi connectivity index (χ4n) is 9.99. The maximum absolute atomic E-state index is 13.6. The first-order valence-electron chi connectivity index (χ1n) is 33.1. The Morgan fingerprint density at radius 1 is 0.447 bits per heavy atom. The number of allylic oxidation sites excluding steroid dienone is 3. The zero-order valence-electron chi connectivity index (χ0n) is 51.5. The van der Waals surface area contributed by atoms with Gasteiger partial charge in [0.25, 0.3) is 7.82 Å². The Kier molecular flexibility index (Phi) is 55.6. The van der Waals surface area contributed by atoms with E-state index in [1.54, 1.807) is 0 Å². The smallest absolute Gasteiger partial charge is 0.306 e. The third-order valence-corrected chi connectivity index (χ3v) is 16.1. The highest BCUT2D eigenvalue weighted by Gasteiger charge is 2.27. The van der Waals surface area contributed by atoms with Crippen LogP contribution in [-0.4, -0.2) is 69.4 Å². The number of ether oxygens (including phenoxy) is 1. The fraction of sp³-hybridized carbons (Fsp3) is 0.909. The topological polar surface area (TPSA) is 114 Å². The quantitative estimate of drug-likeness (QED) is 0.0212. The van der Waals surface area contributed by atoms with Crippen LogP contribution in [0.4, 0.5) is 0 Å². The van der Waals surface area contributed by atoms with E-state index in [9.17, 15) is 19.0 Å². The molecule has 0 aliphatic rings. The number of carbonyl (C=O) groups excluding carboxylic acids is 2. The molecule has 1 amide bonds. The van der Waals surface area contributed by atoms with Crippen LogP contribution in [0.3, 0.4) is 0 Å². The minimum absolute atomic E-state index is 0.0189. The van der Waals surface area contributed by atoms with Crippen LogP contribution < -0.4 is 10.2 Å². The SMILES string of the molecule is CCCCCCCC/C=C/CCCCCCCCCCCC(=O)NC(COP(=O)([O-])OCC[N+](C)(C)C)C(/C=C/CCCCCCCCCCCC)OC(=O)CCCCCCCCCCCCCCCCCCCCC. The number of carbonyl (C=O) groups is 2. The Labute approximate surface area is 473 Å². The molecule has 0 aliphatic heterocycles. The maximum Gasteiger partial charge on any atom is 0.306 e. The molecule has 3 atom stereocenters. The first kappa shape index (κ1) is 74.5. The third kappa shape index (κ3) is 57.2. The monoisotopic (exact) mass is 1090 g/mol. The molecule has 0 saturated heterocycles. The average molecular weight is 1090 g/mol. The number of quaternary nitrogens is 1. The maximum atomic E-state index is 13.6. The van der Waals surface area contributed by atoms with Crippen LogP contribution in [0.2, 0.25) is 0 Å². The zero-order chi connectivity index (χ0) is 55.7. The summed E-state index contributed by atoms with van der Waals surface area (Å²) < 4.78 is 30.4. The Hall–Kier alpha value is -1.51. The van der Waals surface area contributed by atoms with E-state index in [0.717, 1.165) is 57.8 Å². The summed E-state index contributed by atoms with van der Waals surface area (Å²) in [5.41, 5.74) is 0. The van der Waals surface area contributed by atoms with Gasteiger partial charge in [0.15, 0.2) is 0 Å². The fourth-order valence-corrected chi connectivity index (χ4v) is 10.7. The number of amides is 1. The standard InChI is InChI=1S/C66H129N2O7P/c1-7-10-13-16-19-22-25-28-30-32-34-36-38-40-43-46-49-52-55-58-65(69)67-63(62-74-76(71,72)73-61-60-68(4,5)6)64(57-54-51-48-45-42-27-24-21-18-15-12-9-3)75-66(70)59-56-53-50-47-44-41-39-37-35-33-31-29-26-23-20-17-14-11-8-2/h28,30,54,57,63-64H,7-27,29,31-53,55-56,58-62H2,1-6H3,(H-,67,69,71,72)/b30-28+,57-54+. The molecule has 0 aromatic rings. The summed E-state index contributed by atoms with van der Waals surface area (Å²) in [5.74, 6) is -0.524. The highest BCUT2D eigenvalue weighted by molar-refractivity contribution is 7.45. The summed E-state index contributed by atoms with van der Waals surface area (Å²) in [4.78, 5) is 40.1. The average Bonchev–Trinajstić information content (AvgIpc) is 3.38. The van der Waals surface area contributed by atoms with Gasteiger partial charge < -0.3 is 28.5 Å². The molecule has 0 saturated carbocycles. The molecule has 9 nitrogen and oxygen atoms in total. The van der Waals surface area contributed by atoms with E-state index in [-0.39, 0.29) is 31.5 Å². The Bertz CT molecular complexity index is 1350. The van der Waals surface area contributed by atoms with Gasteiger partial charge in [-0.3, -0.25) is 14.2 Å². The van der Waals surface area contributed by atoms with Gasteiger partial charge >= 0.3 is 5.97 Å². The second kappa shape index (κ2) is 56.8. The largest absolute Gasteiger partial charge is 0.756 e.